The maximum absolute atomic E-state index is 5.35. The van der Waals surface area contributed by atoms with E-state index in [1.807, 2.05) is 6.07 Å². The van der Waals surface area contributed by atoms with Gasteiger partial charge in [0.1, 0.15) is 6.33 Å². The molecule has 70 valence electrons. The Morgan fingerprint density at radius 3 is 3.31 bits per heavy atom. The Bertz CT molecular complexity index is 246. The lowest BCUT2D eigenvalue weighted by molar-refractivity contribution is 0.0767. The topological polar surface area (TPSA) is 47.0 Å². The minimum absolute atomic E-state index is 0.406. The van der Waals surface area contributed by atoms with E-state index in [-0.39, 0.29) is 0 Å². The Morgan fingerprint density at radius 2 is 2.62 bits per heavy atom. The number of ether oxygens (including phenoxy) is 1. The molecule has 13 heavy (non-hydrogen) atoms. The fourth-order valence-electron chi connectivity index (χ4n) is 1.44. The lowest BCUT2D eigenvalue weighted by Gasteiger charge is -2.23. The van der Waals surface area contributed by atoms with Crippen LogP contribution in [0.1, 0.15) is 5.69 Å². The number of nitrogens with zero attached hydrogens (tertiary/aromatic N) is 2. The van der Waals surface area contributed by atoms with E-state index in [4.69, 9.17) is 4.74 Å². The van der Waals surface area contributed by atoms with Gasteiger partial charge in [0.25, 0.3) is 0 Å². The lowest BCUT2D eigenvalue weighted by Crippen LogP contribution is -2.42. The van der Waals surface area contributed by atoms with E-state index in [2.05, 4.69) is 15.3 Å². The maximum atomic E-state index is 5.35. The fourth-order valence-corrected chi connectivity index (χ4v) is 1.44. The van der Waals surface area contributed by atoms with Crippen molar-refractivity contribution in [2.45, 2.75) is 12.5 Å². The third kappa shape index (κ3) is 2.47. The zero-order valence-corrected chi connectivity index (χ0v) is 7.44. The molecule has 1 saturated heterocycles. The summed E-state index contributed by atoms with van der Waals surface area (Å²) in [4.78, 5) is 8.04. The van der Waals surface area contributed by atoms with E-state index in [1.54, 1.807) is 12.5 Å². The van der Waals surface area contributed by atoms with Crippen LogP contribution in [0.25, 0.3) is 0 Å². The SMILES string of the molecule is c1cc(CC2COCCN2)ncn1. The zero-order chi connectivity index (χ0) is 8.93. The van der Waals surface area contributed by atoms with Gasteiger partial charge in [-0.25, -0.2) is 9.97 Å². The van der Waals surface area contributed by atoms with Crippen molar-refractivity contribution in [2.75, 3.05) is 19.8 Å². The van der Waals surface area contributed by atoms with Crippen molar-refractivity contribution in [3.05, 3.63) is 24.3 Å². The molecular formula is C9H13N3O. The third-order valence-corrected chi connectivity index (χ3v) is 2.10. The number of aromatic nitrogens is 2. The molecule has 0 saturated carbocycles. The average Bonchev–Trinajstić information content (AvgIpc) is 2.21. The van der Waals surface area contributed by atoms with Crippen LogP contribution in [0.5, 0.6) is 0 Å². The van der Waals surface area contributed by atoms with Gasteiger partial charge >= 0.3 is 0 Å². The standard InChI is InChI=1S/C9H13N3O/c1-2-10-7-12-8(1)5-9-6-13-4-3-11-9/h1-2,7,9,11H,3-6H2. The molecule has 1 unspecified atom stereocenters. The summed E-state index contributed by atoms with van der Waals surface area (Å²) in [7, 11) is 0. The van der Waals surface area contributed by atoms with Crippen molar-refractivity contribution >= 4 is 0 Å². The molecule has 1 aliphatic heterocycles. The Balaban J connectivity index is 1.90. The zero-order valence-electron chi connectivity index (χ0n) is 7.44. The van der Waals surface area contributed by atoms with Gasteiger partial charge in [0.2, 0.25) is 0 Å². The van der Waals surface area contributed by atoms with Gasteiger partial charge in [-0.3, -0.25) is 0 Å². The Hall–Kier alpha value is -1.00. The highest BCUT2D eigenvalue weighted by Gasteiger charge is 2.13. The minimum atomic E-state index is 0.406. The molecule has 1 fully saturated rings. The van der Waals surface area contributed by atoms with Gasteiger partial charge in [-0.15, -0.1) is 0 Å². The molecule has 0 bridgehead atoms. The summed E-state index contributed by atoms with van der Waals surface area (Å²) in [5.74, 6) is 0. The van der Waals surface area contributed by atoms with Gasteiger partial charge in [0, 0.05) is 30.9 Å². The van der Waals surface area contributed by atoms with Gasteiger partial charge in [-0.05, 0) is 6.07 Å². The van der Waals surface area contributed by atoms with Gasteiger partial charge in [0.05, 0.1) is 13.2 Å². The number of nitrogens with one attached hydrogen (secondary N) is 1. The van der Waals surface area contributed by atoms with Gasteiger partial charge in [-0.2, -0.15) is 0 Å². The van der Waals surface area contributed by atoms with E-state index in [9.17, 15) is 0 Å². The highest BCUT2D eigenvalue weighted by atomic mass is 16.5. The molecule has 0 spiro atoms. The lowest BCUT2D eigenvalue weighted by atomic mass is 10.1. The van der Waals surface area contributed by atoms with Crippen LogP contribution in [-0.2, 0) is 11.2 Å². The molecule has 1 N–H and O–H groups in total. The second-order valence-corrected chi connectivity index (χ2v) is 3.13. The van der Waals surface area contributed by atoms with Crippen molar-refractivity contribution in [3.8, 4) is 0 Å². The summed E-state index contributed by atoms with van der Waals surface area (Å²) in [6.07, 6.45) is 4.27. The molecule has 1 aliphatic rings. The summed E-state index contributed by atoms with van der Waals surface area (Å²) in [6, 6.07) is 2.35. The van der Waals surface area contributed by atoms with E-state index < -0.39 is 0 Å². The molecule has 1 aromatic heterocycles. The Labute approximate surface area is 77.4 Å². The maximum Gasteiger partial charge on any atom is 0.115 e. The van der Waals surface area contributed by atoms with Gasteiger partial charge in [-0.1, -0.05) is 0 Å². The summed E-state index contributed by atoms with van der Waals surface area (Å²) in [6.45, 7) is 2.54. The Morgan fingerprint density at radius 1 is 1.62 bits per heavy atom. The van der Waals surface area contributed by atoms with Crippen LogP contribution < -0.4 is 5.32 Å². The summed E-state index contributed by atoms with van der Waals surface area (Å²) >= 11 is 0. The molecule has 0 amide bonds. The molecule has 4 nitrogen and oxygen atoms in total. The van der Waals surface area contributed by atoms with Crippen LogP contribution in [0.3, 0.4) is 0 Å². The van der Waals surface area contributed by atoms with Crippen molar-refractivity contribution in [2.24, 2.45) is 0 Å². The summed E-state index contributed by atoms with van der Waals surface area (Å²) < 4.78 is 5.35. The third-order valence-electron chi connectivity index (χ3n) is 2.10. The van der Waals surface area contributed by atoms with E-state index in [0.29, 0.717) is 6.04 Å². The predicted octanol–water partition coefficient (Wildman–Crippen LogP) is 0.00750. The van der Waals surface area contributed by atoms with E-state index in [0.717, 1.165) is 31.9 Å². The van der Waals surface area contributed by atoms with Crippen LogP contribution in [0.15, 0.2) is 18.6 Å². The average molecular weight is 179 g/mol. The molecule has 0 aromatic carbocycles. The molecule has 0 radical (unpaired) electrons. The quantitative estimate of drug-likeness (QED) is 0.694. The van der Waals surface area contributed by atoms with Gasteiger partial charge < -0.3 is 10.1 Å². The van der Waals surface area contributed by atoms with E-state index >= 15 is 0 Å². The molecular weight excluding hydrogens is 166 g/mol. The van der Waals surface area contributed by atoms with Crippen LogP contribution >= 0.6 is 0 Å². The molecule has 2 rings (SSSR count). The second kappa shape index (κ2) is 4.30. The van der Waals surface area contributed by atoms with Crippen molar-refractivity contribution in [1.29, 1.82) is 0 Å². The normalized spacial score (nSPS) is 22.9. The van der Waals surface area contributed by atoms with Crippen LogP contribution in [0.4, 0.5) is 0 Å². The predicted molar refractivity (Wildman–Crippen MR) is 48.3 cm³/mol. The first-order valence-corrected chi connectivity index (χ1v) is 4.51. The van der Waals surface area contributed by atoms with Crippen molar-refractivity contribution in [1.82, 2.24) is 15.3 Å². The Kier molecular flexibility index (Phi) is 2.84. The molecule has 1 atom stereocenters. The minimum Gasteiger partial charge on any atom is -0.379 e. The highest BCUT2D eigenvalue weighted by molar-refractivity contribution is 5.00. The molecule has 0 aliphatic carbocycles. The smallest absolute Gasteiger partial charge is 0.115 e. The van der Waals surface area contributed by atoms with E-state index in [1.165, 1.54) is 0 Å². The molecule has 4 heteroatoms. The number of hydrogen-bond acceptors (Lipinski definition) is 4. The number of rotatable bonds is 2. The highest BCUT2D eigenvalue weighted by Crippen LogP contribution is 2.01. The van der Waals surface area contributed by atoms with Crippen molar-refractivity contribution < 1.29 is 4.74 Å². The first-order valence-electron chi connectivity index (χ1n) is 4.51. The summed E-state index contributed by atoms with van der Waals surface area (Å²) in [5.41, 5.74) is 1.07. The molecule has 2 heterocycles. The molecule has 1 aromatic rings. The van der Waals surface area contributed by atoms with Crippen LogP contribution in [0.2, 0.25) is 0 Å². The van der Waals surface area contributed by atoms with Crippen LogP contribution in [-0.4, -0.2) is 35.8 Å². The first kappa shape index (κ1) is 8.59. The largest absolute Gasteiger partial charge is 0.379 e. The van der Waals surface area contributed by atoms with Crippen LogP contribution in [0, 0.1) is 0 Å². The number of morpholine rings is 1. The number of hydrogen-bond donors (Lipinski definition) is 1. The first-order chi connectivity index (χ1) is 6.45. The van der Waals surface area contributed by atoms with Crippen molar-refractivity contribution in [3.63, 3.8) is 0 Å². The fraction of sp³-hybridized carbons (Fsp3) is 0.556. The second-order valence-electron chi connectivity index (χ2n) is 3.13. The summed E-state index contributed by atoms with van der Waals surface area (Å²) in [5, 5.41) is 3.38. The van der Waals surface area contributed by atoms with Gasteiger partial charge in [0.15, 0.2) is 0 Å². The monoisotopic (exact) mass is 179 g/mol.